The van der Waals surface area contributed by atoms with Crippen LogP contribution in [0.3, 0.4) is 0 Å². The second kappa shape index (κ2) is 9.44. The Morgan fingerprint density at radius 1 is 0.939 bits per heavy atom. The topological polar surface area (TPSA) is 49.3 Å². The fourth-order valence-corrected chi connectivity index (χ4v) is 5.09. The Hall–Kier alpha value is -3.05. The van der Waals surface area contributed by atoms with Gasteiger partial charge in [0.2, 0.25) is 5.91 Å². The van der Waals surface area contributed by atoms with E-state index in [1.54, 1.807) is 0 Å². The second-order valence-corrected chi connectivity index (χ2v) is 9.36. The third-order valence-corrected chi connectivity index (χ3v) is 7.01. The van der Waals surface area contributed by atoms with Gasteiger partial charge in [-0.05, 0) is 57.2 Å². The number of benzene rings is 2. The van der Waals surface area contributed by atoms with Crippen molar-refractivity contribution < 1.29 is 4.79 Å². The molecule has 0 bridgehead atoms. The van der Waals surface area contributed by atoms with Crippen molar-refractivity contribution >= 4 is 11.7 Å². The molecule has 5 nitrogen and oxygen atoms in total. The highest BCUT2D eigenvalue weighted by Crippen LogP contribution is 2.35. The Bertz CT molecular complexity index is 1130. The average Bonchev–Trinajstić information content (AvgIpc) is 3.30. The summed E-state index contributed by atoms with van der Waals surface area (Å²) in [5.74, 6) is 1.85. The minimum Gasteiger partial charge on any atom is -0.293 e. The predicted octanol–water partition coefficient (Wildman–Crippen LogP) is 4.95. The van der Waals surface area contributed by atoms with Crippen molar-refractivity contribution in [1.29, 1.82) is 0 Å². The van der Waals surface area contributed by atoms with Crippen LogP contribution >= 0.6 is 0 Å². The molecule has 170 valence electrons. The zero-order valence-electron chi connectivity index (χ0n) is 19.6. The minimum absolute atomic E-state index is 0.152. The minimum atomic E-state index is 0.152. The second-order valence-electron chi connectivity index (χ2n) is 9.36. The van der Waals surface area contributed by atoms with Gasteiger partial charge in [-0.3, -0.25) is 14.6 Å². The van der Waals surface area contributed by atoms with Crippen LogP contribution in [0.5, 0.6) is 0 Å². The lowest BCUT2D eigenvalue weighted by molar-refractivity contribution is -0.119. The number of carbonyl (C=O) groups excluding carboxylic acids is 1. The largest absolute Gasteiger partial charge is 0.293 e. The average molecular weight is 441 g/mol. The van der Waals surface area contributed by atoms with Gasteiger partial charge in [-0.1, -0.05) is 60.2 Å². The summed E-state index contributed by atoms with van der Waals surface area (Å²) in [5.41, 5.74) is 5.86. The normalized spacial score (nSPS) is 18.5. The first-order chi connectivity index (χ1) is 16.1. The maximum atomic E-state index is 13.0. The van der Waals surface area contributed by atoms with Crippen LogP contribution < -0.4 is 4.90 Å². The van der Waals surface area contributed by atoms with Crippen molar-refractivity contribution in [3.63, 3.8) is 0 Å². The Morgan fingerprint density at radius 3 is 2.52 bits per heavy atom. The molecule has 3 aromatic rings. The van der Waals surface area contributed by atoms with E-state index < -0.39 is 0 Å². The molecule has 0 saturated carbocycles. The lowest BCUT2D eigenvalue weighted by Gasteiger charge is -2.31. The van der Waals surface area contributed by atoms with Gasteiger partial charge >= 0.3 is 0 Å². The first-order valence-electron chi connectivity index (χ1n) is 12.1. The summed E-state index contributed by atoms with van der Waals surface area (Å²) in [7, 11) is 0. The molecule has 1 atom stereocenters. The third-order valence-electron chi connectivity index (χ3n) is 7.01. The van der Waals surface area contributed by atoms with Gasteiger partial charge in [-0.25, -0.2) is 9.97 Å². The van der Waals surface area contributed by atoms with Crippen LogP contribution in [0.4, 0.5) is 5.82 Å². The number of amides is 1. The number of anilines is 1. The number of carbonyl (C=O) groups is 1. The van der Waals surface area contributed by atoms with Crippen molar-refractivity contribution in [2.75, 3.05) is 18.0 Å². The molecule has 1 saturated heterocycles. The molecule has 0 aliphatic carbocycles. The number of hydrogen-bond acceptors (Lipinski definition) is 4. The lowest BCUT2D eigenvalue weighted by Crippen LogP contribution is -2.37. The SMILES string of the molecule is Cc1ccc(CN2C(=O)CCc3c(C)nc([C@@H]4CCCN4CCc4ccccc4)nc32)cc1. The molecule has 0 spiro atoms. The number of hydrogen-bond donors (Lipinski definition) is 0. The fraction of sp³-hybridized carbons (Fsp3) is 0.393. The quantitative estimate of drug-likeness (QED) is 0.544. The molecule has 0 N–H and O–H groups in total. The van der Waals surface area contributed by atoms with Gasteiger partial charge in [0, 0.05) is 24.2 Å². The van der Waals surface area contributed by atoms with E-state index in [0.717, 1.165) is 67.2 Å². The van der Waals surface area contributed by atoms with Crippen molar-refractivity contribution in [3.05, 3.63) is 88.4 Å². The maximum absolute atomic E-state index is 13.0. The summed E-state index contributed by atoms with van der Waals surface area (Å²) in [5, 5.41) is 0. The van der Waals surface area contributed by atoms with Gasteiger partial charge in [-0.2, -0.15) is 0 Å². The summed E-state index contributed by atoms with van der Waals surface area (Å²) in [4.78, 5) is 27.4. The first kappa shape index (κ1) is 21.8. The zero-order chi connectivity index (χ0) is 22.8. The zero-order valence-corrected chi connectivity index (χ0v) is 19.6. The first-order valence-corrected chi connectivity index (χ1v) is 12.1. The third kappa shape index (κ3) is 4.69. The van der Waals surface area contributed by atoms with E-state index in [1.165, 1.54) is 11.1 Å². The van der Waals surface area contributed by atoms with Gasteiger partial charge in [0.25, 0.3) is 0 Å². The maximum Gasteiger partial charge on any atom is 0.228 e. The van der Waals surface area contributed by atoms with E-state index in [2.05, 4.69) is 73.3 Å². The molecule has 33 heavy (non-hydrogen) atoms. The fourth-order valence-electron chi connectivity index (χ4n) is 5.09. The van der Waals surface area contributed by atoms with Crippen LogP contribution in [0, 0.1) is 13.8 Å². The number of rotatable bonds is 6. The monoisotopic (exact) mass is 440 g/mol. The molecule has 5 rings (SSSR count). The molecular formula is C28H32N4O. The van der Waals surface area contributed by atoms with Crippen LogP contribution in [-0.4, -0.2) is 33.9 Å². The Kier molecular flexibility index (Phi) is 6.23. The molecular weight excluding hydrogens is 408 g/mol. The lowest BCUT2D eigenvalue weighted by atomic mass is 10.0. The van der Waals surface area contributed by atoms with E-state index in [-0.39, 0.29) is 11.9 Å². The highest BCUT2D eigenvalue weighted by molar-refractivity contribution is 5.95. The van der Waals surface area contributed by atoms with Crippen LogP contribution in [0.25, 0.3) is 0 Å². The summed E-state index contributed by atoms with van der Waals surface area (Å²) in [6, 6.07) is 19.3. The van der Waals surface area contributed by atoms with Crippen LogP contribution in [0.2, 0.25) is 0 Å². The molecule has 0 unspecified atom stereocenters. The van der Waals surface area contributed by atoms with Crippen molar-refractivity contribution in [2.24, 2.45) is 0 Å². The Morgan fingerprint density at radius 2 is 1.73 bits per heavy atom. The molecule has 3 heterocycles. The van der Waals surface area contributed by atoms with Crippen LogP contribution in [0.15, 0.2) is 54.6 Å². The number of likely N-dealkylation sites (tertiary alicyclic amines) is 1. The molecule has 1 amide bonds. The van der Waals surface area contributed by atoms with Crippen LogP contribution in [-0.2, 0) is 24.2 Å². The number of aryl methyl sites for hydroxylation is 2. The van der Waals surface area contributed by atoms with Gasteiger partial charge < -0.3 is 0 Å². The van der Waals surface area contributed by atoms with Gasteiger partial charge in [0.15, 0.2) is 0 Å². The summed E-state index contributed by atoms with van der Waals surface area (Å²) in [6.07, 6.45) is 4.51. The van der Waals surface area contributed by atoms with Gasteiger partial charge in [0.1, 0.15) is 11.6 Å². The van der Waals surface area contributed by atoms with Crippen molar-refractivity contribution in [2.45, 2.75) is 58.5 Å². The van der Waals surface area contributed by atoms with E-state index in [4.69, 9.17) is 9.97 Å². The highest BCUT2D eigenvalue weighted by Gasteiger charge is 2.32. The van der Waals surface area contributed by atoms with E-state index in [1.807, 2.05) is 4.90 Å². The van der Waals surface area contributed by atoms with E-state index >= 15 is 0 Å². The van der Waals surface area contributed by atoms with Crippen molar-refractivity contribution in [1.82, 2.24) is 14.9 Å². The molecule has 1 aromatic heterocycles. The van der Waals surface area contributed by atoms with Crippen LogP contribution in [0.1, 0.15) is 59.1 Å². The molecule has 0 radical (unpaired) electrons. The Balaban J connectivity index is 1.41. The number of fused-ring (bicyclic) bond motifs is 1. The molecule has 2 aliphatic heterocycles. The summed E-state index contributed by atoms with van der Waals surface area (Å²) < 4.78 is 0. The predicted molar refractivity (Wildman–Crippen MR) is 131 cm³/mol. The smallest absolute Gasteiger partial charge is 0.228 e. The molecule has 2 aromatic carbocycles. The van der Waals surface area contributed by atoms with Gasteiger partial charge in [-0.15, -0.1) is 0 Å². The molecule has 2 aliphatic rings. The molecule has 1 fully saturated rings. The van der Waals surface area contributed by atoms with E-state index in [9.17, 15) is 4.79 Å². The Labute approximate surface area is 196 Å². The highest BCUT2D eigenvalue weighted by atomic mass is 16.2. The number of aromatic nitrogens is 2. The standard InChI is InChI=1S/C28H32N4O/c1-20-10-12-23(13-11-20)19-32-26(33)15-14-24-21(2)29-27(30-28(24)32)25-9-6-17-31(25)18-16-22-7-4-3-5-8-22/h3-5,7-8,10-13,25H,6,9,14-19H2,1-2H3/t25-/m0/s1. The summed E-state index contributed by atoms with van der Waals surface area (Å²) in [6.45, 7) is 6.79. The van der Waals surface area contributed by atoms with E-state index in [0.29, 0.717) is 13.0 Å². The molecule has 5 heteroatoms. The number of nitrogens with zero attached hydrogens (tertiary/aromatic N) is 4. The summed E-state index contributed by atoms with van der Waals surface area (Å²) >= 11 is 0. The van der Waals surface area contributed by atoms with Crippen molar-refractivity contribution in [3.8, 4) is 0 Å². The van der Waals surface area contributed by atoms with Gasteiger partial charge in [0.05, 0.1) is 12.6 Å².